The van der Waals surface area contributed by atoms with Crippen LogP contribution in [0.5, 0.6) is 0 Å². The Balaban J connectivity index is 1.60. The second-order valence-corrected chi connectivity index (χ2v) is 6.71. The van der Waals surface area contributed by atoms with Crippen molar-refractivity contribution in [3.63, 3.8) is 0 Å². The summed E-state index contributed by atoms with van der Waals surface area (Å²) in [5, 5.41) is 10.0. The van der Waals surface area contributed by atoms with Crippen LogP contribution in [0.1, 0.15) is 31.0 Å². The number of benzene rings is 1. The van der Waals surface area contributed by atoms with E-state index in [1.165, 1.54) is 4.68 Å². The van der Waals surface area contributed by atoms with E-state index in [1.807, 2.05) is 42.4 Å². The molecule has 1 unspecified atom stereocenters. The standard InChI is InChI=1S/C19H21N5O2/c1-22-11-9-16(21-22)17-8-4-5-10-23(17)18(25)13-24-19(26)15-7-3-2-6-14(15)12-20-24/h2-3,6-7,9,11-12,17H,4-5,8,10,13H2,1H3. The molecule has 1 aliphatic heterocycles. The molecule has 1 aliphatic rings. The van der Waals surface area contributed by atoms with Crippen LogP contribution in [0.25, 0.3) is 10.8 Å². The van der Waals surface area contributed by atoms with Gasteiger partial charge in [0, 0.05) is 25.2 Å². The molecule has 3 heterocycles. The first-order valence-corrected chi connectivity index (χ1v) is 8.87. The summed E-state index contributed by atoms with van der Waals surface area (Å²) in [6.45, 7) is 0.634. The van der Waals surface area contributed by atoms with E-state index in [4.69, 9.17) is 0 Å². The van der Waals surface area contributed by atoms with Crippen LogP contribution in [0.3, 0.4) is 0 Å². The van der Waals surface area contributed by atoms with Gasteiger partial charge >= 0.3 is 0 Å². The van der Waals surface area contributed by atoms with Crippen LogP contribution < -0.4 is 5.56 Å². The molecule has 0 saturated carbocycles. The van der Waals surface area contributed by atoms with E-state index < -0.39 is 0 Å². The molecule has 1 aromatic carbocycles. The van der Waals surface area contributed by atoms with Gasteiger partial charge in [0.2, 0.25) is 5.91 Å². The highest BCUT2D eigenvalue weighted by molar-refractivity contribution is 5.81. The Morgan fingerprint density at radius 1 is 1.23 bits per heavy atom. The molecule has 7 heteroatoms. The number of likely N-dealkylation sites (tertiary alicyclic amines) is 1. The van der Waals surface area contributed by atoms with Crippen LogP contribution in [0, 0.1) is 0 Å². The highest BCUT2D eigenvalue weighted by atomic mass is 16.2. The average molecular weight is 351 g/mol. The lowest BCUT2D eigenvalue weighted by molar-refractivity contribution is -0.136. The SMILES string of the molecule is Cn1ccc(C2CCCCN2C(=O)Cn2ncc3ccccc3c2=O)n1. The number of aryl methyl sites for hydroxylation is 1. The molecule has 0 aliphatic carbocycles. The van der Waals surface area contributed by atoms with Crippen molar-refractivity contribution in [2.24, 2.45) is 7.05 Å². The number of carbonyl (C=O) groups excluding carboxylic acids is 1. The molecule has 1 atom stereocenters. The second kappa shape index (κ2) is 6.74. The van der Waals surface area contributed by atoms with Crippen molar-refractivity contribution >= 4 is 16.7 Å². The van der Waals surface area contributed by atoms with Crippen molar-refractivity contribution in [2.75, 3.05) is 6.54 Å². The molecule has 7 nitrogen and oxygen atoms in total. The lowest BCUT2D eigenvalue weighted by atomic mass is 9.99. The molecule has 0 spiro atoms. The molecule has 0 radical (unpaired) electrons. The first-order valence-electron chi connectivity index (χ1n) is 8.87. The molecule has 0 bridgehead atoms. The fourth-order valence-electron chi connectivity index (χ4n) is 3.61. The lowest BCUT2D eigenvalue weighted by Gasteiger charge is -2.34. The smallest absolute Gasteiger partial charge is 0.275 e. The van der Waals surface area contributed by atoms with Gasteiger partial charge in [-0.3, -0.25) is 14.3 Å². The molecule has 3 aromatic rings. The van der Waals surface area contributed by atoms with E-state index >= 15 is 0 Å². The minimum absolute atomic E-state index is 0.0337. The molecule has 134 valence electrons. The minimum atomic E-state index is -0.233. The summed E-state index contributed by atoms with van der Waals surface area (Å²) in [4.78, 5) is 27.4. The summed E-state index contributed by atoms with van der Waals surface area (Å²) in [5.41, 5.74) is 0.669. The first-order chi connectivity index (χ1) is 12.6. The van der Waals surface area contributed by atoms with Gasteiger partial charge in [-0.15, -0.1) is 0 Å². The summed E-state index contributed by atoms with van der Waals surface area (Å²) in [7, 11) is 1.87. The summed E-state index contributed by atoms with van der Waals surface area (Å²) in [5.74, 6) is -0.0924. The zero-order valence-electron chi connectivity index (χ0n) is 14.7. The zero-order valence-corrected chi connectivity index (χ0v) is 14.7. The maximum absolute atomic E-state index is 12.9. The molecule has 1 amide bonds. The van der Waals surface area contributed by atoms with E-state index in [-0.39, 0.29) is 24.1 Å². The summed E-state index contributed by atoms with van der Waals surface area (Å²) < 4.78 is 3.01. The number of hydrogen-bond acceptors (Lipinski definition) is 4. The van der Waals surface area contributed by atoms with Gasteiger partial charge in [-0.25, -0.2) is 4.68 Å². The summed E-state index contributed by atoms with van der Waals surface area (Å²) >= 11 is 0. The minimum Gasteiger partial charge on any atom is -0.332 e. The molecular weight excluding hydrogens is 330 g/mol. The molecule has 2 aromatic heterocycles. The van der Waals surface area contributed by atoms with E-state index in [1.54, 1.807) is 16.9 Å². The molecule has 1 fully saturated rings. The highest BCUT2D eigenvalue weighted by Crippen LogP contribution is 2.29. The zero-order chi connectivity index (χ0) is 18.1. The third kappa shape index (κ3) is 3.00. The predicted molar refractivity (Wildman–Crippen MR) is 97.5 cm³/mol. The topological polar surface area (TPSA) is 73.0 Å². The fraction of sp³-hybridized carbons (Fsp3) is 0.368. The van der Waals surface area contributed by atoms with E-state index in [0.717, 1.165) is 30.3 Å². The van der Waals surface area contributed by atoms with Crippen molar-refractivity contribution in [1.29, 1.82) is 0 Å². The molecule has 26 heavy (non-hydrogen) atoms. The third-order valence-corrected chi connectivity index (χ3v) is 4.95. The number of hydrogen-bond donors (Lipinski definition) is 0. The Bertz CT molecular complexity index is 1010. The summed E-state index contributed by atoms with van der Waals surface area (Å²) in [6.07, 6.45) is 6.45. The van der Waals surface area contributed by atoms with Crippen LogP contribution in [-0.4, -0.2) is 36.9 Å². The van der Waals surface area contributed by atoms with Crippen molar-refractivity contribution < 1.29 is 4.79 Å². The number of carbonyl (C=O) groups is 1. The van der Waals surface area contributed by atoms with Crippen LogP contribution in [0.15, 0.2) is 47.5 Å². The van der Waals surface area contributed by atoms with Crippen LogP contribution >= 0.6 is 0 Å². The third-order valence-electron chi connectivity index (χ3n) is 4.95. The number of fused-ring (bicyclic) bond motifs is 1. The Morgan fingerprint density at radius 3 is 2.88 bits per heavy atom. The summed E-state index contributed by atoms with van der Waals surface area (Å²) in [6, 6.07) is 9.21. The van der Waals surface area contributed by atoms with Gasteiger partial charge in [-0.2, -0.15) is 10.2 Å². The number of piperidine rings is 1. The molecule has 1 saturated heterocycles. The number of nitrogens with zero attached hydrogens (tertiary/aromatic N) is 5. The second-order valence-electron chi connectivity index (χ2n) is 6.71. The van der Waals surface area contributed by atoms with Crippen molar-refractivity contribution in [3.05, 3.63) is 58.8 Å². The Hall–Kier alpha value is -2.96. The van der Waals surface area contributed by atoms with Gasteiger partial charge in [-0.05, 0) is 31.4 Å². The monoisotopic (exact) mass is 351 g/mol. The lowest BCUT2D eigenvalue weighted by Crippen LogP contribution is -2.42. The maximum atomic E-state index is 12.9. The van der Waals surface area contributed by atoms with Crippen LogP contribution in [0.2, 0.25) is 0 Å². The average Bonchev–Trinajstić information content (AvgIpc) is 3.10. The quantitative estimate of drug-likeness (QED) is 0.722. The normalized spacial score (nSPS) is 17.6. The van der Waals surface area contributed by atoms with E-state index in [0.29, 0.717) is 11.9 Å². The molecule has 0 N–H and O–H groups in total. The van der Waals surface area contributed by atoms with Gasteiger partial charge in [0.05, 0.1) is 23.3 Å². The van der Waals surface area contributed by atoms with Crippen LogP contribution in [-0.2, 0) is 18.4 Å². The maximum Gasteiger partial charge on any atom is 0.275 e. The fourth-order valence-corrected chi connectivity index (χ4v) is 3.61. The van der Waals surface area contributed by atoms with Crippen molar-refractivity contribution in [2.45, 2.75) is 31.8 Å². The Kier molecular flexibility index (Phi) is 4.28. The largest absolute Gasteiger partial charge is 0.332 e. The number of aromatic nitrogens is 4. The van der Waals surface area contributed by atoms with Crippen molar-refractivity contribution in [3.8, 4) is 0 Å². The van der Waals surface area contributed by atoms with Gasteiger partial charge in [-0.1, -0.05) is 18.2 Å². The Labute approximate surface area is 150 Å². The van der Waals surface area contributed by atoms with Crippen LogP contribution in [0.4, 0.5) is 0 Å². The first kappa shape index (κ1) is 16.5. The predicted octanol–water partition coefficient (Wildman–Crippen LogP) is 1.88. The molecule has 4 rings (SSSR count). The Morgan fingerprint density at radius 2 is 2.08 bits per heavy atom. The molecular formula is C19H21N5O2. The number of rotatable bonds is 3. The van der Waals surface area contributed by atoms with E-state index in [9.17, 15) is 9.59 Å². The van der Waals surface area contributed by atoms with Gasteiger partial charge < -0.3 is 4.90 Å². The van der Waals surface area contributed by atoms with Gasteiger partial charge in [0.1, 0.15) is 6.54 Å². The van der Waals surface area contributed by atoms with E-state index in [2.05, 4.69) is 10.2 Å². The highest BCUT2D eigenvalue weighted by Gasteiger charge is 2.29. The van der Waals surface area contributed by atoms with Gasteiger partial charge in [0.25, 0.3) is 5.56 Å². The van der Waals surface area contributed by atoms with Gasteiger partial charge in [0.15, 0.2) is 0 Å². The number of amides is 1. The van der Waals surface area contributed by atoms with Crippen molar-refractivity contribution in [1.82, 2.24) is 24.5 Å².